The number of halogens is 1. The third-order valence-corrected chi connectivity index (χ3v) is 4.23. The summed E-state index contributed by atoms with van der Waals surface area (Å²) < 4.78 is 14.8. The highest BCUT2D eigenvalue weighted by Crippen LogP contribution is 2.19. The summed E-state index contributed by atoms with van der Waals surface area (Å²) in [6, 6.07) is 10.0. The number of hydrogen-bond acceptors (Lipinski definition) is 3. The maximum atomic E-state index is 12.9. The highest BCUT2D eigenvalue weighted by Gasteiger charge is 2.14. The van der Waals surface area contributed by atoms with Gasteiger partial charge in [-0.3, -0.25) is 0 Å². The number of aliphatic hydroxyl groups excluding tert-OH is 1. The van der Waals surface area contributed by atoms with E-state index in [9.17, 15) is 9.50 Å². The van der Waals surface area contributed by atoms with Gasteiger partial charge in [0.2, 0.25) is 0 Å². The van der Waals surface area contributed by atoms with E-state index in [2.05, 4.69) is 11.4 Å². The van der Waals surface area contributed by atoms with Crippen molar-refractivity contribution in [2.75, 3.05) is 0 Å². The van der Waals surface area contributed by atoms with E-state index >= 15 is 0 Å². The van der Waals surface area contributed by atoms with Crippen LogP contribution in [0.4, 0.5) is 4.39 Å². The summed E-state index contributed by atoms with van der Waals surface area (Å²) in [4.78, 5) is 0. The molecule has 0 saturated carbocycles. The van der Waals surface area contributed by atoms with Crippen molar-refractivity contribution in [1.82, 2.24) is 9.88 Å². The van der Waals surface area contributed by atoms with Gasteiger partial charge in [0.05, 0.1) is 6.10 Å². The molecule has 4 nitrogen and oxygen atoms in total. The molecule has 1 aromatic heterocycles. The highest BCUT2D eigenvalue weighted by molar-refractivity contribution is 5.34. The van der Waals surface area contributed by atoms with Crippen molar-refractivity contribution in [3.05, 3.63) is 58.7 Å². The maximum Gasteiger partial charge on any atom is 0.123 e. The molecule has 2 atom stereocenters. The predicted molar refractivity (Wildman–Crippen MR) is 87.1 cm³/mol. The number of nitrogens with zero attached hydrogens (tertiary/aromatic N) is 2. The summed E-state index contributed by atoms with van der Waals surface area (Å²) in [5, 5.41) is 22.6. The van der Waals surface area contributed by atoms with Crippen LogP contribution in [0.3, 0.4) is 0 Å². The monoisotopic (exact) mass is 315 g/mol. The molecule has 0 fully saturated rings. The zero-order valence-corrected chi connectivity index (χ0v) is 13.7. The van der Waals surface area contributed by atoms with Crippen molar-refractivity contribution in [2.45, 2.75) is 39.0 Å². The van der Waals surface area contributed by atoms with Crippen LogP contribution in [0.1, 0.15) is 42.0 Å². The van der Waals surface area contributed by atoms with E-state index in [0.29, 0.717) is 24.2 Å². The average molecular weight is 315 g/mol. The molecule has 0 unspecified atom stereocenters. The number of hydrogen-bond donors (Lipinski definition) is 2. The molecule has 5 heteroatoms. The summed E-state index contributed by atoms with van der Waals surface area (Å²) in [5.74, 6) is -0.306. The Kier molecular flexibility index (Phi) is 5.54. The molecule has 122 valence electrons. The Morgan fingerprint density at radius 2 is 2.00 bits per heavy atom. The fourth-order valence-corrected chi connectivity index (χ4v) is 2.57. The van der Waals surface area contributed by atoms with Crippen LogP contribution in [0.5, 0.6) is 0 Å². The fraction of sp³-hybridized carbons (Fsp3) is 0.389. The summed E-state index contributed by atoms with van der Waals surface area (Å²) in [6.45, 7) is 4.62. The lowest BCUT2D eigenvalue weighted by molar-refractivity contribution is 0.153. The zero-order chi connectivity index (χ0) is 17.0. The Balaban J connectivity index is 1.91. The van der Waals surface area contributed by atoms with Crippen LogP contribution >= 0.6 is 0 Å². The first kappa shape index (κ1) is 17.2. The third-order valence-electron chi connectivity index (χ3n) is 4.23. The molecule has 0 aliphatic carbocycles. The van der Waals surface area contributed by atoms with Crippen LogP contribution in [-0.4, -0.2) is 15.7 Å². The van der Waals surface area contributed by atoms with Crippen molar-refractivity contribution < 1.29 is 9.50 Å². The molecule has 0 bridgehead atoms. The van der Waals surface area contributed by atoms with E-state index in [-0.39, 0.29) is 11.9 Å². The summed E-state index contributed by atoms with van der Waals surface area (Å²) in [7, 11) is 1.87. The quantitative estimate of drug-likeness (QED) is 0.861. The van der Waals surface area contributed by atoms with E-state index in [0.717, 1.165) is 11.3 Å². The molecular formula is C18H22FN3O. The lowest BCUT2D eigenvalue weighted by Gasteiger charge is -2.18. The van der Waals surface area contributed by atoms with Crippen LogP contribution in [0, 0.1) is 24.1 Å². The van der Waals surface area contributed by atoms with Gasteiger partial charge in [-0.15, -0.1) is 0 Å². The maximum absolute atomic E-state index is 12.9. The summed E-state index contributed by atoms with van der Waals surface area (Å²) in [6.07, 6.45) is -0.104. The Morgan fingerprint density at radius 3 is 2.57 bits per heavy atom. The normalized spacial score (nSPS) is 13.6. The number of nitriles is 1. The van der Waals surface area contributed by atoms with Gasteiger partial charge in [0.1, 0.15) is 17.6 Å². The van der Waals surface area contributed by atoms with Gasteiger partial charge in [-0.2, -0.15) is 5.26 Å². The van der Waals surface area contributed by atoms with Gasteiger partial charge in [-0.25, -0.2) is 4.39 Å². The van der Waals surface area contributed by atoms with Crippen molar-refractivity contribution in [2.24, 2.45) is 7.05 Å². The van der Waals surface area contributed by atoms with E-state index in [1.165, 1.54) is 12.1 Å². The second kappa shape index (κ2) is 7.40. The molecular weight excluding hydrogens is 293 g/mol. The molecule has 23 heavy (non-hydrogen) atoms. The Hall–Kier alpha value is -2.16. The third kappa shape index (κ3) is 4.19. The zero-order valence-electron chi connectivity index (χ0n) is 13.7. The lowest BCUT2D eigenvalue weighted by Crippen LogP contribution is -2.27. The van der Waals surface area contributed by atoms with E-state index < -0.39 is 6.10 Å². The minimum Gasteiger partial charge on any atom is -0.388 e. The van der Waals surface area contributed by atoms with Gasteiger partial charge in [0, 0.05) is 25.3 Å². The second-order valence-electron chi connectivity index (χ2n) is 5.90. The van der Waals surface area contributed by atoms with Crippen LogP contribution in [0.2, 0.25) is 0 Å². The molecule has 2 rings (SSSR count). The van der Waals surface area contributed by atoms with Crippen molar-refractivity contribution >= 4 is 0 Å². The largest absolute Gasteiger partial charge is 0.388 e. The van der Waals surface area contributed by atoms with Gasteiger partial charge >= 0.3 is 0 Å². The smallest absolute Gasteiger partial charge is 0.123 e. The molecule has 0 spiro atoms. The Morgan fingerprint density at radius 1 is 1.35 bits per heavy atom. The van der Waals surface area contributed by atoms with E-state index in [1.54, 1.807) is 12.1 Å². The van der Waals surface area contributed by atoms with Gasteiger partial charge in [-0.1, -0.05) is 12.1 Å². The van der Waals surface area contributed by atoms with E-state index in [4.69, 9.17) is 5.26 Å². The minimum absolute atomic E-state index is 0.0835. The molecule has 2 aromatic rings. The van der Waals surface area contributed by atoms with E-state index in [1.807, 2.05) is 31.5 Å². The lowest BCUT2D eigenvalue weighted by atomic mass is 10.0. The SMILES string of the molecule is Cc1c(CN[C@H](C)C[C@@H](O)c2ccc(F)cc2)cc(C#N)n1C. The van der Waals surface area contributed by atoms with Gasteiger partial charge < -0.3 is 15.0 Å². The second-order valence-corrected chi connectivity index (χ2v) is 5.90. The van der Waals surface area contributed by atoms with Crippen molar-refractivity contribution in [1.29, 1.82) is 5.26 Å². The summed E-state index contributed by atoms with van der Waals surface area (Å²) in [5.41, 5.74) is 3.48. The van der Waals surface area contributed by atoms with Crippen LogP contribution in [0.15, 0.2) is 30.3 Å². The highest BCUT2D eigenvalue weighted by atomic mass is 19.1. The topological polar surface area (TPSA) is 61.0 Å². The number of aromatic nitrogens is 1. The molecule has 0 radical (unpaired) electrons. The van der Waals surface area contributed by atoms with Crippen molar-refractivity contribution in [3.63, 3.8) is 0 Å². The first-order chi connectivity index (χ1) is 10.9. The molecule has 0 saturated heterocycles. The summed E-state index contributed by atoms with van der Waals surface area (Å²) >= 11 is 0. The molecule has 2 N–H and O–H groups in total. The molecule has 0 amide bonds. The molecule has 0 aliphatic rings. The first-order valence-electron chi connectivity index (χ1n) is 7.64. The van der Waals surface area contributed by atoms with Gasteiger partial charge in [0.25, 0.3) is 0 Å². The Bertz CT molecular complexity index is 700. The number of rotatable bonds is 6. The fourth-order valence-electron chi connectivity index (χ4n) is 2.57. The van der Waals surface area contributed by atoms with Crippen molar-refractivity contribution in [3.8, 4) is 6.07 Å². The number of benzene rings is 1. The molecule has 1 aromatic carbocycles. The van der Waals surface area contributed by atoms with Gasteiger partial charge in [0.15, 0.2) is 0 Å². The standard InChI is InChI=1S/C18H22FN3O/c1-12(8-18(23)14-4-6-16(19)7-5-14)21-11-15-9-17(10-20)22(3)13(15)2/h4-7,9,12,18,21,23H,8,11H2,1-3H3/t12-,18-/m1/s1. The minimum atomic E-state index is -0.635. The average Bonchev–Trinajstić information content (AvgIpc) is 2.81. The predicted octanol–water partition coefficient (Wildman–Crippen LogP) is 2.95. The van der Waals surface area contributed by atoms with Crippen LogP contribution in [0.25, 0.3) is 0 Å². The molecule has 1 heterocycles. The number of aliphatic hydroxyl groups is 1. The number of nitrogens with one attached hydrogen (secondary N) is 1. The van der Waals surface area contributed by atoms with Crippen LogP contribution < -0.4 is 5.32 Å². The van der Waals surface area contributed by atoms with Gasteiger partial charge in [-0.05, 0) is 49.6 Å². The van der Waals surface area contributed by atoms with Crippen LogP contribution in [-0.2, 0) is 13.6 Å². The molecule has 0 aliphatic heterocycles. The first-order valence-corrected chi connectivity index (χ1v) is 7.64. The Labute approximate surface area is 136 Å².